The van der Waals surface area contributed by atoms with E-state index in [1.165, 1.54) is 11.8 Å². The third kappa shape index (κ3) is 5.01. The number of amides is 1. The Morgan fingerprint density at radius 1 is 1.24 bits per heavy atom. The quantitative estimate of drug-likeness (QED) is 0.364. The van der Waals surface area contributed by atoms with E-state index < -0.39 is 0 Å². The van der Waals surface area contributed by atoms with Crippen molar-refractivity contribution >= 4 is 46.6 Å². The molecule has 0 aliphatic rings. The Balaban J connectivity index is 1.80. The SMILES string of the molecule is C=CCn1c(SC(C)C(=O)Nc2cccc(Cl)c2C)nnc1-c1ccc(Cl)cc1. The second-order valence-corrected chi connectivity index (χ2v) is 8.53. The molecule has 2 aromatic carbocycles. The summed E-state index contributed by atoms with van der Waals surface area (Å²) in [5, 5.41) is 13.0. The fourth-order valence-electron chi connectivity index (χ4n) is 2.67. The van der Waals surface area contributed by atoms with Crippen LogP contribution in [0.4, 0.5) is 5.69 Å². The Morgan fingerprint density at radius 3 is 2.66 bits per heavy atom. The van der Waals surface area contributed by atoms with Gasteiger partial charge in [-0.1, -0.05) is 47.1 Å². The number of nitrogens with zero attached hydrogens (tertiary/aromatic N) is 3. The summed E-state index contributed by atoms with van der Waals surface area (Å²) in [6.07, 6.45) is 1.77. The average Bonchev–Trinajstić information content (AvgIpc) is 3.08. The van der Waals surface area contributed by atoms with Crippen LogP contribution in [0.5, 0.6) is 0 Å². The van der Waals surface area contributed by atoms with E-state index in [-0.39, 0.29) is 11.2 Å². The number of carbonyl (C=O) groups is 1. The Labute approximate surface area is 184 Å². The molecular formula is C21H20Cl2N4OS. The van der Waals surface area contributed by atoms with Gasteiger partial charge in [0, 0.05) is 27.8 Å². The van der Waals surface area contributed by atoms with Gasteiger partial charge >= 0.3 is 0 Å². The highest BCUT2D eigenvalue weighted by atomic mass is 35.5. The van der Waals surface area contributed by atoms with E-state index in [0.717, 1.165) is 11.1 Å². The molecule has 0 radical (unpaired) electrons. The van der Waals surface area contributed by atoms with Crippen molar-refractivity contribution in [2.45, 2.75) is 30.8 Å². The van der Waals surface area contributed by atoms with Crippen molar-refractivity contribution in [2.75, 3.05) is 5.32 Å². The fraction of sp³-hybridized carbons (Fsp3) is 0.190. The second-order valence-electron chi connectivity index (χ2n) is 6.37. The van der Waals surface area contributed by atoms with Crippen LogP contribution in [0.2, 0.25) is 10.0 Å². The van der Waals surface area contributed by atoms with Gasteiger partial charge in [0.25, 0.3) is 0 Å². The molecule has 0 aliphatic carbocycles. The van der Waals surface area contributed by atoms with Gasteiger partial charge in [-0.3, -0.25) is 9.36 Å². The first-order valence-electron chi connectivity index (χ1n) is 8.93. The summed E-state index contributed by atoms with van der Waals surface area (Å²) >= 11 is 13.5. The second kappa shape index (κ2) is 9.48. The number of rotatable bonds is 7. The maximum Gasteiger partial charge on any atom is 0.237 e. The van der Waals surface area contributed by atoms with E-state index in [0.29, 0.717) is 33.3 Å². The molecule has 3 rings (SSSR count). The molecule has 8 heteroatoms. The molecule has 29 heavy (non-hydrogen) atoms. The first-order chi connectivity index (χ1) is 13.9. The van der Waals surface area contributed by atoms with E-state index in [4.69, 9.17) is 23.2 Å². The van der Waals surface area contributed by atoms with Crippen LogP contribution in [0.3, 0.4) is 0 Å². The van der Waals surface area contributed by atoms with E-state index in [1.54, 1.807) is 24.3 Å². The molecule has 3 aromatic rings. The maximum atomic E-state index is 12.7. The molecule has 0 bridgehead atoms. The largest absolute Gasteiger partial charge is 0.325 e. The van der Waals surface area contributed by atoms with Crippen molar-refractivity contribution in [1.82, 2.24) is 14.8 Å². The van der Waals surface area contributed by atoms with E-state index in [9.17, 15) is 4.79 Å². The first kappa shape index (κ1) is 21.4. The van der Waals surface area contributed by atoms with Gasteiger partial charge in [-0.05, 0) is 55.8 Å². The molecule has 0 saturated carbocycles. The number of aromatic nitrogens is 3. The zero-order valence-electron chi connectivity index (χ0n) is 16.0. The zero-order chi connectivity index (χ0) is 21.0. The van der Waals surface area contributed by atoms with E-state index in [2.05, 4.69) is 22.1 Å². The molecule has 150 valence electrons. The summed E-state index contributed by atoms with van der Waals surface area (Å²) < 4.78 is 1.93. The monoisotopic (exact) mass is 446 g/mol. The van der Waals surface area contributed by atoms with Gasteiger partial charge < -0.3 is 5.32 Å². The Morgan fingerprint density at radius 2 is 1.97 bits per heavy atom. The Kier molecular flexibility index (Phi) is 7.00. The van der Waals surface area contributed by atoms with E-state index >= 15 is 0 Å². The van der Waals surface area contributed by atoms with Crippen LogP contribution in [0.15, 0.2) is 60.3 Å². The average molecular weight is 447 g/mol. The van der Waals surface area contributed by atoms with Crippen molar-refractivity contribution in [3.05, 3.63) is 70.7 Å². The van der Waals surface area contributed by atoms with E-state index in [1.807, 2.05) is 42.7 Å². The molecule has 1 unspecified atom stereocenters. The Bertz CT molecular complexity index is 1030. The smallest absolute Gasteiger partial charge is 0.237 e. The number of thioether (sulfide) groups is 1. The number of nitrogens with one attached hydrogen (secondary N) is 1. The van der Waals surface area contributed by atoms with Gasteiger partial charge in [0.1, 0.15) is 0 Å². The molecule has 0 saturated heterocycles. The summed E-state index contributed by atoms with van der Waals surface area (Å²) in [5.74, 6) is 0.559. The Hall–Kier alpha value is -2.28. The number of hydrogen-bond donors (Lipinski definition) is 1. The van der Waals surface area contributed by atoms with Crippen LogP contribution in [-0.2, 0) is 11.3 Å². The highest BCUT2D eigenvalue weighted by Crippen LogP contribution is 2.29. The standard InChI is InChI=1S/C21H20Cl2N4OS/c1-4-12-27-19(15-8-10-16(22)11-9-15)25-26-21(27)29-14(3)20(28)24-18-7-5-6-17(23)13(18)2/h4-11,14H,1,12H2,2-3H3,(H,24,28). The number of allylic oxidation sites excluding steroid dienone is 1. The van der Waals surface area contributed by atoms with Crippen molar-refractivity contribution in [3.8, 4) is 11.4 Å². The van der Waals surface area contributed by atoms with Crippen LogP contribution < -0.4 is 5.32 Å². The molecule has 0 fully saturated rings. The third-order valence-corrected chi connectivity index (χ3v) is 6.05. The minimum atomic E-state index is -0.390. The molecule has 1 N–H and O–H groups in total. The van der Waals surface area contributed by atoms with Gasteiger partial charge in [-0.15, -0.1) is 16.8 Å². The van der Waals surface area contributed by atoms with Crippen molar-refractivity contribution in [2.24, 2.45) is 0 Å². The van der Waals surface area contributed by atoms with Crippen LogP contribution in [-0.4, -0.2) is 25.9 Å². The molecule has 1 heterocycles. The van der Waals surface area contributed by atoms with Gasteiger partial charge in [0.05, 0.1) is 5.25 Å². The lowest BCUT2D eigenvalue weighted by Crippen LogP contribution is -2.23. The summed E-state index contributed by atoms with van der Waals surface area (Å²) in [6, 6.07) is 12.8. The van der Waals surface area contributed by atoms with Gasteiger partial charge in [-0.2, -0.15) is 0 Å². The number of halogens is 2. The number of hydrogen-bond acceptors (Lipinski definition) is 4. The number of benzene rings is 2. The molecular weight excluding hydrogens is 427 g/mol. The van der Waals surface area contributed by atoms with Crippen LogP contribution in [0.25, 0.3) is 11.4 Å². The summed E-state index contributed by atoms with van der Waals surface area (Å²) in [6.45, 7) is 8.04. The van der Waals surface area contributed by atoms with Crippen molar-refractivity contribution < 1.29 is 4.79 Å². The summed E-state index contributed by atoms with van der Waals surface area (Å²) in [5.41, 5.74) is 2.42. The topological polar surface area (TPSA) is 59.8 Å². The normalized spacial score (nSPS) is 11.9. The van der Waals surface area contributed by atoms with Gasteiger partial charge in [0.15, 0.2) is 11.0 Å². The van der Waals surface area contributed by atoms with Crippen LogP contribution in [0, 0.1) is 6.92 Å². The lowest BCUT2D eigenvalue weighted by molar-refractivity contribution is -0.115. The van der Waals surface area contributed by atoms with Crippen molar-refractivity contribution in [1.29, 1.82) is 0 Å². The first-order valence-corrected chi connectivity index (χ1v) is 10.6. The molecule has 5 nitrogen and oxygen atoms in total. The third-order valence-electron chi connectivity index (χ3n) is 4.31. The summed E-state index contributed by atoms with van der Waals surface area (Å²) in [4.78, 5) is 12.7. The number of carbonyl (C=O) groups excluding carboxylic acids is 1. The molecule has 1 atom stereocenters. The van der Waals surface area contributed by atoms with Gasteiger partial charge in [0.2, 0.25) is 5.91 Å². The predicted molar refractivity (Wildman–Crippen MR) is 121 cm³/mol. The highest BCUT2D eigenvalue weighted by molar-refractivity contribution is 8.00. The number of anilines is 1. The lowest BCUT2D eigenvalue weighted by Gasteiger charge is -2.14. The predicted octanol–water partition coefficient (Wildman–Crippen LogP) is 5.87. The molecule has 1 amide bonds. The highest BCUT2D eigenvalue weighted by Gasteiger charge is 2.21. The summed E-state index contributed by atoms with van der Waals surface area (Å²) in [7, 11) is 0. The molecule has 1 aromatic heterocycles. The maximum absolute atomic E-state index is 12.7. The zero-order valence-corrected chi connectivity index (χ0v) is 18.4. The van der Waals surface area contributed by atoms with Crippen LogP contribution >= 0.6 is 35.0 Å². The minimum Gasteiger partial charge on any atom is -0.325 e. The van der Waals surface area contributed by atoms with Crippen LogP contribution in [0.1, 0.15) is 12.5 Å². The van der Waals surface area contributed by atoms with Crippen molar-refractivity contribution in [3.63, 3.8) is 0 Å². The fourth-order valence-corrected chi connectivity index (χ4v) is 3.83. The molecule has 0 spiro atoms. The molecule has 0 aliphatic heterocycles. The van der Waals surface area contributed by atoms with Gasteiger partial charge in [-0.25, -0.2) is 0 Å². The minimum absolute atomic E-state index is 0.137. The lowest BCUT2D eigenvalue weighted by atomic mass is 10.2.